The second-order valence-electron chi connectivity index (χ2n) is 6.90. The Morgan fingerprint density at radius 2 is 2.14 bits per heavy atom. The zero-order valence-corrected chi connectivity index (χ0v) is 16.2. The average molecular weight is 396 g/mol. The lowest BCUT2D eigenvalue weighted by Gasteiger charge is -2.34. The number of rotatable bonds is 5. The Morgan fingerprint density at radius 3 is 2.90 bits per heavy atom. The van der Waals surface area contributed by atoms with E-state index in [-0.39, 0.29) is 25.2 Å². The van der Waals surface area contributed by atoms with E-state index >= 15 is 0 Å². The van der Waals surface area contributed by atoms with Crippen LogP contribution in [0.15, 0.2) is 42.6 Å². The molecule has 1 atom stereocenters. The van der Waals surface area contributed by atoms with Gasteiger partial charge in [0.15, 0.2) is 11.6 Å². The highest BCUT2D eigenvalue weighted by Gasteiger charge is 2.23. The Morgan fingerprint density at radius 1 is 1.31 bits per heavy atom. The van der Waals surface area contributed by atoms with Gasteiger partial charge in [-0.1, -0.05) is 0 Å². The van der Waals surface area contributed by atoms with Gasteiger partial charge in [0.1, 0.15) is 5.52 Å². The number of aliphatic hydroxyl groups excluding tert-OH is 1. The smallest absolute Gasteiger partial charge is 0.319 e. The first-order valence-corrected chi connectivity index (χ1v) is 9.61. The average Bonchev–Trinajstić information content (AvgIpc) is 3.21. The van der Waals surface area contributed by atoms with Crippen molar-refractivity contribution in [2.75, 3.05) is 43.1 Å². The van der Waals surface area contributed by atoms with Crippen LogP contribution in [0.2, 0.25) is 0 Å². The molecule has 3 aromatic rings. The van der Waals surface area contributed by atoms with Crippen LogP contribution in [-0.2, 0) is 4.74 Å². The first-order valence-electron chi connectivity index (χ1n) is 9.61. The van der Waals surface area contributed by atoms with E-state index in [1.165, 1.54) is 0 Å². The van der Waals surface area contributed by atoms with Crippen LogP contribution in [0.5, 0.6) is 0 Å². The number of benzene rings is 1. The molecule has 1 saturated heterocycles. The Kier molecular flexibility index (Phi) is 5.59. The van der Waals surface area contributed by atoms with Crippen molar-refractivity contribution >= 4 is 23.1 Å². The minimum atomic E-state index is -0.361. The van der Waals surface area contributed by atoms with Gasteiger partial charge in [-0.3, -0.25) is 0 Å². The third-order valence-corrected chi connectivity index (χ3v) is 4.81. The number of amides is 2. The fraction of sp³-hybridized carbons (Fsp3) is 0.350. The molecule has 0 unspecified atom stereocenters. The maximum atomic E-state index is 11.7. The molecule has 0 saturated carbocycles. The first kappa shape index (κ1) is 19.2. The van der Waals surface area contributed by atoms with Crippen molar-refractivity contribution in [3.63, 3.8) is 0 Å². The lowest BCUT2D eigenvalue weighted by atomic mass is 10.2. The number of hydrogen-bond acceptors (Lipinski definition) is 6. The van der Waals surface area contributed by atoms with Gasteiger partial charge >= 0.3 is 6.03 Å². The summed E-state index contributed by atoms with van der Waals surface area (Å²) >= 11 is 0. The number of urea groups is 1. The van der Waals surface area contributed by atoms with E-state index in [1.54, 1.807) is 12.1 Å². The molecule has 2 aromatic heterocycles. The summed E-state index contributed by atoms with van der Waals surface area (Å²) in [6.07, 6.45) is 1.91. The minimum Gasteiger partial charge on any atom is -0.395 e. The fourth-order valence-electron chi connectivity index (χ4n) is 3.34. The predicted molar refractivity (Wildman–Crippen MR) is 110 cm³/mol. The van der Waals surface area contributed by atoms with Gasteiger partial charge < -0.3 is 25.4 Å². The van der Waals surface area contributed by atoms with Gasteiger partial charge in [-0.05, 0) is 43.3 Å². The maximum Gasteiger partial charge on any atom is 0.319 e. The molecule has 0 radical (unpaired) electrons. The number of carbonyl (C=O) groups excluding carboxylic acids is 1. The summed E-state index contributed by atoms with van der Waals surface area (Å²) in [6, 6.07) is 11.2. The van der Waals surface area contributed by atoms with Crippen LogP contribution >= 0.6 is 0 Å². The lowest BCUT2D eigenvalue weighted by molar-refractivity contribution is 0.0986. The molecule has 9 nitrogen and oxygen atoms in total. The highest BCUT2D eigenvalue weighted by Crippen LogP contribution is 2.27. The zero-order valence-electron chi connectivity index (χ0n) is 16.2. The van der Waals surface area contributed by atoms with E-state index in [2.05, 4.69) is 27.6 Å². The summed E-state index contributed by atoms with van der Waals surface area (Å²) in [6.45, 7) is 4.36. The summed E-state index contributed by atoms with van der Waals surface area (Å²) in [5, 5.41) is 18.7. The number of ether oxygens (including phenoxy) is 1. The van der Waals surface area contributed by atoms with Gasteiger partial charge in [-0.15, -0.1) is 5.10 Å². The number of nitrogens with zero attached hydrogens (tertiary/aromatic N) is 4. The molecule has 3 heterocycles. The van der Waals surface area contributed by atoms with Crippen molar-refractivity contribution in [3.8, 4) is 11.4 Å². The van der Waals surface area contributed by atoms with Crippen molar-refractivity contribution in [1.82, 2.24) is 19.9 Å². The first-order chi connectivity index (χ1) is 14.2. The van der Waals surface area contributed by atoms with Crippen molar-refractivity contribution in [2.45, 2.75) is 13.0 Å². The Labute approximate surface area is 168 Å². The van der Waals surface area contributed by atoms with Gasteiger partial charge in [0.25, 0.3) is 0 Å². The second kappa shape index (κ2) is 8.46. The molecule has 1 aliphatic heterocycles. The predicted octanol–water partition coefficient (Wildman–Crippen LogP) is 1.74. The third kappa shape index (κ3) is 4.15. The second-order valence-corrected chi connectivity index (χ2v) is 6.90. The topological polar surface area (TPSA) is 104 Å². The largest absolute Gasteiger partial charge is 0.395 e. The molecule has 152 valence electrons. The van der Waals surface area contributed by atoms with Crippen LogP contribution in [0.3, 0.4) is 0 Å². The SMILES string of the molecule is C[C@@H]1COCCN1c1nc(-c2ccc(NC(=O)NCCO)cc2)nn2cccc12. The summed E-state index contributed by atoms with van der Waals surface area (Å²) in [5.74, 6) is 1.50. The lowest BCUT2D eigenvalue weighted by Crippen LogP contribution is -2.44. The highest BCUT2D eigenvalue weighted by molar-refractivity contribution is 5.89. The normalized spacial score (nSPS) is 16.8. The summed E-state index contributed by atoms with van der Waals surface area (Å²) in [5.41, 5.74) is 2.46. The van der Waals surface area contributed by atoms with E-state index in [0.29, 0.717) is 24.7 Å². The van der Waals surface area contributed by atoms with Gasteiger partial charge in [0.2, 0.25) is 0 Å². The molecule has 3 N–H and O–H groups in total. The van der Waals surface area contributed by atoms with Crippen LogP contribution in [0.25, 0.3) is 16.9 Å². The van der Waals surface area contributed by atoms with E-state index < -0.39 is 0 Å². The van der Waals surface area contributed by atoms with E-state index in [4.69, 9.17) is 14.8 Å². The number of hydrogen-bond donors (Lipinski definition) is 3. The van der Waals surface area contributed by atoms with E-state index in [0.717, 1.165) is 23.4 Å². The van der Waals surface area contributed by atoms with Crippen LogP contribution < -0.4 is 15.5 Å². The Hall–Kier alpha value is -3.17. The van der Waals surface area contributed by atoms with Gasteiger partial charge in [0, 0.05) is 30.5 Å². The van der Waals surface area contributed by atoms with Crippen molar-refractivity contribution in [3.05, 3.63) is 42.6 Å². The van der Waals surface area contributed by atoms with Crippen LogP contribution in [0.4, 0.5) is 16.3 Å². The quantitative estimate of drug-likeness (QED) is 0.607. The number of aromatic nitrogens is 3. The molecule has 29 heavy (non-hydrogen) atoms. The van der Waals surface area contributed by atoms with Crippen molar-refractivity contribution in [2.24, 2.45) is 0 Å². The summed E-state index contributed by atoms with van der Waals surface area (Å²) in [7, 11) is 0. The monoisotopic (exact) mass is 396 g/mol. The van der Waals surface area contributed by atoms with Crippen LogP contribution in [0.1, 0.15) is 6.92 Å². The van der Waals surface area contributed by atoms with Crippen LogP contribution in [-0.4, -0.2) is 64.7 Å². The van der Waals surface area contributed by atoms with Crippen LogP contribution in [0, 0.1) is 0 Å². The van der Waals surface area contributed by atoms with Crippen molar-refractivity contribution < 1.29 is 14.6 Å². The number of carbonyl (C=O) groups is 1. The molecule has 1 aliphatic rings. The fourth-order valence-corrected chi connectivity index (χ4v) is 3.34. The van der Waals surface area contributed by atoms with Gasteiger partial charge in [-0.25, -0.2) is 14.3 Å². The highest BCUT2D eigenvalue weighted by atomic mass is 16.5. The third-order valence-electron chi connectivity index (χ3n) is 4.81. The summed E-state index contributed by atoms with van der Waals surface area (Å²) < 4.78 is 7.41. The number of aliphatic hydroxyl groups is 1. The maximum absolute atomic E-state index is 11.7. The molecular formula is C20H24N6O3. The molecule has 9 heteroatoms. The number of anilines is 2. The molecule has 4 rings (SSSR count). The van der Waals surface area contributed by atoms with Gasteiger partial charge in [0.05, 0.1) is 25.9 Å². The molecule has 0 spiro atoms. The molecule has 2 amide bonds. The Balaban J connectivity index is 1.61. The van der Waals surface area contributed by atoms with E-state index in [1.807, 2.05) is 35.0 Å². The standard InChI is InChI=1S/C20H24N6O3/c1-14-13-29-12-10-25(14)19-17-3-2-9-26(17)24-18(23-19)15-4-6-16(7-5-15)22-20(28)21-8-11-27/h2-7,9,14,27H,8,10-13H2,1H3,(H2,21,22,28)/t14-/m1/s1. The zero-order chi connectivity index (χ0) is 20.2. The Bertz CT molecular complexity index is 988. The minimum absolute atomic E-state index is 0.102. The molecule has 0 aliphatic carbocycles. The number of nitrogens with one attached hydrogen (secondary N) is 2. The molecule has 1 fully saturated rings. The molecule has 1 aromatic carbocycles. The van der Waals surface area contributed by atoms with Gasteiger partial charge in [-0.2, -0.15) is 0 Å². The van der Waals surface area contributed by atoms with E-state index in [9.17, 15) is 4.79 Å². The molecule has 0 bridgehead atoms. The molecular weight excluding hydrogens is 372 g/mol. The number of morpholine rings is 1. The number of fused-ring (bicyclic) bond motifs is 1. The van der Waals surface area contributed by atoms with Crippen molar-refractivity contribution in [1.29, 1.82) is 0 Å². The summed E-state index contributed by atoms with van der Waals surface area (Å²) in [4.78, 5) is 18.8.